The molecule has 2 heterocycles. The number of hydrogen-bond donors (Lipinski definition) is 2. The predicted octanol–water partition coefficient (Wildman–Crippen LogP) is 1.91. The highest BCUT2D eigenvalue weighted by atomic mass is 16.2. The molecule has 2 aromatic rings. The van der Waals surface area contributed by atoms with Gasteiger partial charge in [-0.2, -0.15) is 0 Å². The van der Waals surface area contributed by atoms with Gasteiger partial charge in [-0.3, -0.25) is 9.78 Å². The molecule has 3 rings (SSSR count). The van der Waals surface area contributed by atoms with Crippen molar-refractivity contribution >= 4 is 16.8 Å². The second-order valence-electron chi connectivity index (χ2n) is 5.31. The summed E-state index contributed by atoms with van der Waals surface area (Å²) in [5.41, 5.74) is 3.22. The molecule has 0 saturated carbocycles. The van der Waals surface area contributed by atoms with E-state index in [0.717, 1.165) is 36.0 Å². The molecule has 4 heteroatoms. The summed E-state index contributed by atoms with van der Waals surface area (Å²) in [5.74, 6) is 0.117. The summed E-state index contributed by atoms with van der Waals surface area (Å²) in [4.78, 5) is 16.3. The third kappa shape index (κ3) is 2.65. The van der Waals surface area contributed by atoms with Crippen LogP contribution in [0.2, 0.25) is 0 Å². The van der Waals surface area contributed by atoms with Gasteiger partial charge in [-0.05, 0) is 37.5 Å². The van der Waals surface area contributed by atoms with Crippen LogP contribution in [0.1, 0.15) is 24.1 Å². The molecule has 1 aromatic carbocycles. The maximum atomic E-state index is 11.8. The Bertz CT molecular complexity index is 639. The lowest BCUT2D eigenvalue weighted by Crippen LogP contribution is -2.47. The van der Waals surface area contributed by atoms with Crippen LogP contribution in [0.3, 0.4) is 0 Å². The number of nitrogens with one attached hydrogen (secondary N) is 2. The fourth-order valence-electron chi connectivity index (χ4n) is 2.74. The van der Waals surface area contributed by atoms with Gasteiger partial charge in [-0.1, -0.05) is 18.2 Å². The van der Waals surface area contributed by atoms with Crippen molar-refractivity contribution in [3.05, 3.63) is 41.6 Å². The molecule has 2 N–H and O–H groups in total. The number of carbonyl (C=O) groups is 1. The van der Waals surface area contributed by atoms with Gasteiger partial charge in [0.15, 0.2) is 0 Å². The van der Waals surface area contributed by atoms with Gasteiger partial charge in [0.25, 0.3) is 0 Å². The van der Waals surface area contributed by atoms with Crippen molar-refractivity contribution < 1.29 is 4.79 Å². The van der Waals surface area contributed by atoms with E-state index in [0.29, 0.717) is 6.54 Å². The third-order valence-electron chi connectivity index (χ3n) is 3.75. The second-order valence-corrected chi connectivity index (χ2v) is 5.31. The summed E-state index contributed by atoms with van der Waals surface area (Å²) >= 11 is 0. The summed E-state index contributed by atoms with van der Waals surface area (Å²) in [6.45, 7) is 3.50. The maximum Gasteiger partial charge on any atom is 0.237 e. The molecule has 4 nitrogen and oxygen atoms in total. The van der Waals surface area contributed by atoms with E-state index in [-0.39, 0.29) is 11.9 Å². The van der Waals surface area contributed by atoms with Gasteiger partial charge >= 0.3 is 0 Å². The zero-order valence-electron chi connectivity index (χ0n) is 11.6. The van der Waals surface area contributed by atoms with E-state index in [1.54, 1.807) is 0 Å². The largest absolute Gasteiger partial charge is 0.355 e. The minimum absolute atomic E-state index is 0.0732. The number of nitrogens with zero attached hydrogens (tertiary/aromatic N) is 1. The van der Waals surface area contributed by atoms with Crippen molar-refractivity contribution in [1.29, 1.82) is 0 Å². The van der Waals surface area contributed by atoms with Crippen molar-refractivity contribution in [3.63, 3.8) is 0 Å². The number of amides is 1. The first-order valence-electron chi connectivity index (χ1n) is 7.10. The Balaban J connectivity index is 1.81. The predicted molar refractivity (Wildman–Crippen MR) is 79.4 cm³/mol. The molecule has 104 valence electrons. The molecule has 1 fully saturated rings. The molecule has 0 spiro atoms. The van der Waals surface area contributed by atoms with Gasteiger partial charge in [0, 0.05) is 24.2 Å². The highest BCUT2D eigenvalue weighted by Crippen LogP contribution is 2.18. The maximum absolute atomic E-state index is 11.8. The molecular formula is C16H19N3O. The molecule has 1 aliphatic heterocycles. The third-order valence-corrected chi connectivity index (χ3v) is 3.75. The minimum Gasteiger partial charge on any atom is -0.355 e. The number of carbonyl (C=O) groups excluding carboxylic acids is 1. The SMILES string of the molecule is Cc1cc(CNC2CCCNC2=O)c2ccccc2n1. The Morgan fingerprint density at radius 1 is 1.40 bits per heavy atom. The quantitative estimate of drug-likeness (QED) is 0.895. The minimum atomic E-state index is -0.0732. The topological polar surface area (TPSA) is 54.0 Å². The van der Waals surface area contributed by atoms with Gasteiger partial charge in [0.05, 0.1) is 11.6 Å². The summed E-state index contributed by atoms with van der Waals surface area (Å²) in [7, 11) is 0. The van der Waals surface area contributed by atoms with Crippen LogP contribution >= 0.6 is 0 Å². The van der Waals surface area contributed by atoms with Gasteiger partial charge in [-0.15, -0.1) is 0 Å². The zero-order chi connectivity index (χ0) is 13.9. The average Bonchev–Trinajstić information content (AvgIpc) is 2.46. The first-order valence-corrected chi connectivity index (χ1v) is 7.10. The molecule has 0 bridgehead atoms. The number of hydrogen-bond acceptors (Lipinski definition) is 3. The first kappa shape index (κ1) is 13.1. The van der Waals surface area contributed by atoms with Crippen LogP contribution in [0.5, 0.6) is 0 Å². The van der Waals surface area contributed by atoms with Crippen molar-refractivity contribution in [2.24, 2.45) is 0 Å². The summed E-state index contributed by atoms with van der Waals surface area (Å²) in [6, 6.07) is 10.2. The fraction of sp³-hybridized carbons (Fsp3) is 0.375. The van der Waals surface area contributed by atoms with Crippen LogP contribution in [-0.2, 0) is 11.3 Å². The van der Waals surface area contributed by atoms with E-state index >= 15 is 0 Å². The Morgan fingerprint density at radius 2 is 2.25 bits per heavy atom. The molecule has 1 unspecified atom stereocenters. The van der Waals surface area contributed by atoms with Crippen LogP contribution in [0.4, 0.5) is 0 Å². The van der Waals surface area contributed by atoms with E-state index in [1.807, 2.05) is 25.1 Å². The van der Waals surface area contributed by atoms with Crippen molar-refractivity contribution in [1.82, 2.24) is 15.6 Å². The molecule has 0 aliphatic carbocycles. The van der Waals surface area contributed by atoms with Gasteiger partial charge in [0.1, 0.15) is 0 Å². The van der Waals surface area contributed by atoms with E-state index in [9.17, 15) is 4.79 Å². The van der Waals surface area contributed by atoms with Crippen LogP contribution in [0, 0.1) is 6.92 Å². The van der Waals surface area contributed by atoms with Gasteiger partial charge in [-0.25, -0.2) is 0 Å². The van der Waals surface area contributed by atoms with E-state index < -0.39 is 0 Å². The fourth-order valence-corrected chi connectivity index (χ4v) is 2.74. The molecule has 1 atom stereocenters. The molecule has 1 aromatic heterocycles. The zero-order valence-corrected chi connectivity index (χ0v) is 11.6. The number of aromatic nitrogens is 1. The number of benzene rings is 1. The molecule has 1 aliphatic rings. The summed E-state index contributed by atoms with van der Waals surface area (Å²) in [6.07, 6.45) is 1.95. The normalized spacial score (nSPS) is 19.1. The Hall–Kier alpha value is -1.94. The van der Waals surface area contributed by atoms with Crippen LogP contribution in [0.15, 0.2) is 30.3 Å². The second kappa shape index (κ2) is 5.59. The van der Waals surface area contributed by atoms with Crippen LogP contribution in [0.25, 0.3) is 10.9 Å². The summed E-state index contributed by atoms with van der Waals surface area (Å²) in [5, 5.41) is 7.42. The standard InChI is InChI=1S/C16H19N3O/c1-11-9-12(13-5-2-3-6-14(13)19-11)10-18-15-7-4-8-17-16(15)20/h2-3,5-6,9,15,18H,4,7-8,10H2,1H3,(H,17,20). The number of pyridine rings is 1. The Labute approximate surface area is 118 Å². The van der Waals surface area contributed by atoms with E-state index in [1.165, 1.54) is 5.56 Å². The average molecular weight is 269 g/mol. The van der Waals surface area contributed by atoms with Gasteiger partial charge < -0.3 is 10.6 Å². The van der Waals surface area contributed by atoms with E-state index in [2.05, 4.69) is 27.8 Å². The summed E-state index contributed by atoms with van der Waals surface area (Å²) < 4.78 is 0. The number of piperidine rings is 1. The lowest BCUT2D eigenvalue weighted by atomic mass is 10.0. The first-order chi connectivity index (χ1) is 9.74. The van der Waals surface area contributed by atoms with Gasteiger partial charge in [0.2, 0.25) is 5.91 Å². The number of fused-ring (bicyclic) bond motifs is 1. The van der Waals surface area contributed by atoms with Crippen LogP contribution in [-0.4, -0.2) is 23.5 Å². The lowest BCUT2D eigenvalue weighted by molar-refractivity contribution is -0.124. The van der Waals surface area contributed by atoms with E-state index in [4.69, 9.17) is 0 Å². The smallest absolute Gasteiger partial charge is 0.237 e. The Morgan fingerprint density at radius 3 is 3.10 bits per heavy atom. The Kier molecular flexibility index (Phi) is 3.65. The van der Waals surface area contributed by atoms with Crippen molar-refractivity contribution in [2.45, 2.75) is 32.4 Å². The highest BCUT2D eigenvalue weighted by Gasteiger charge is 2.21. The number of rotatable bonds is 3. The molecular weight excluding hydrogens is 250 g/mol. The monoisotopic (exact) mass is 269 g/mol. The molecule has 1 saturated heterocycles. The highest BCUT2D eigenvalue weighted by molar-refractivity contribution is 5.83. The van der Waals surface area contributed by atoms with Crippen LogP contribution < -0.4 is 10.6 Å². The molecule has 0 radical (unpaired) electrons. The number of aryl methyl sites for hydroxylation is 1. The number of para-hydroxylation sites is 1. The lowest BCUT2D eigenvalue weighted by Gasteiger charge is -2.23. The van der Waals surface area contributed by atoms with Crippen molar-refractivity contribution in [2.75, 3.05) is 6.54 Å². The molecule has 20 heavy (non-hydrogen) atoms. The van der Waals surface area contributed by atoms with Crippen molar-refractivity contribution in [3.8, 4) is 0 Å². The molecule has 1 amide bonds.